The van der Waals surface area contributed by atoms with Gasteiger partial charge in [-0.05, 0) is 40.2 Å². The third-order valence-electron chi connectivity index (χ3n) is 2.09. The van der Waals surface area contributed by atoms with Gasteiger partial charge in [0, 0.05) is 20.7 Å². The Balaban J connectivity index is 2.42. The third kappa shape index (κ3) is 3.59. The standard InChI is InChI=1S/C12H6BrCl2NO3/c13-6-1-10(11(12(17)18)16-5-6)19-9-3-7(14)2-8(15)4-9/h1-5H,(H,17,18). The van der Waals surface area contributed by atoms with Crippen molar-refractivity contribution in [2.45, 2.75) is 0 Å². The molecule has 1 heterocycles. The molecule has 0 saturated carbocycles. The van der Waals surface area contributed by atoms with Crippen molar-refractivity contribution in [1.29, 1.82) is 0 Å². The van der Waals surface area contributed by atoms with Gasteiger partial charge >= 0.3 is 5.97 Å². The Morgan fingerprint density at radius 2 is 1.84 bits per heavy atom. The Labute approximate surface area is 127 Å². The number of nitrogens with zero attached hydrogens (tertiary/aromatic N) is 1. The predicted molar refractivity (Wildman–Crippen MR) is 75.4 cm³/mol. The number of ether oxygens (including phenoxy) is 1. The van der Waals surface area contributed by atoms with Crippen LogP contribution in [0.3, 0.4) is 0 Å². The smallest absolute Gasteiger partial charge is 0.358 e. The number of hydrogen-bond donors (Lipinski definition) is 1. The molecule has 0 amide bonds. The van der Waals surface area contributed by atoms with Gasteiger partial charge in [0.05, 0.1) is 0 Å². The van der Waals surface area contributed by atoms with Crippen LogP contribution >= 0.6 is 39.1 Å². The van der Waals surface area contributed by atoms with Gasteiger partial charge in [0.25, 0.3) is 0 Å². The molecule has 4 nitrogen and oxygen atoms in total. The second-order valence-corrected chi connectivity index (χ2v) is 5.30. The Morgan fingerprint density at radius 3 is 2.42 bits per heavy atom. The molecule has 0 fully saturated rings. The summed E-state index contributed by atoms with van der Waals surface area (Å²) in [5.41, 5.74) is -0.195. The van der Waals surface area contributed by atoms with E-state index < -0.39 is 5.97 Å². The number of carbonyl (C=O) groups is 1. The van der Waals surface area contributed by atoms with Gasteiger partial charge in [-0.15, -0.1) is 0 Å². The number of rotatable bonds is 3. The van der Waals surface area contributed by atoms with Crippen molar-refractivity contribution < 1.29 is 14.6 Å². The van der Waals surface area contributed by atoms with Crippen molar-refractivity contribution >= 4 is 45.1 Å². The number of halogens is 3. The molecular formula is C12H6BrCl2NO3. The number of aromatic carboxylic acids is 1. The van der Waals surface area contributed by atoms with E-state index in [1.54, 1.807) is 6.07 Å². The molecule has 0 spiro atoms. The highest BCUT2D eigenvalue weighted by atomic mass is 79.9. The lowest BCUT2D eigenvalue weighted by Crippen LogP contribution is -2.03. The summed E-state index contributed by atoms with van der Waals surface area (Å²) in [6.07, 6.45) is 1.38. The zero-order valence-electron chi connectivity index (χ0n) is 9.23. The molecule has 0 bridgehead atoms. The van der Waals surface area contributed by atoms with Crippen LogP contribution in [-0.4, -0.2) is 16.1 Å². The summed E-state index contributed by atoms with van der Waals surface area (Å²) in [6.45, 7) is 0. The first-order valence-corrected chi connectivity index (χ1v) is 6.53. The first-order valence-electron chi connectivity index (χ1n) is 4.98. The van der Waals surface area contributed by atoms with Gasteiger partial charge in [-0.3, -0.25) is 0 Å². The zero-order chi connectivity index (χ0) is 14.0. The normalized spacial score (nSPS) is 10.3. The molecule has 1 aromatic heterocycles. The van der Waals surface area contributed by atoms with E-state index in [1.807, 2.05) is 0 Å². The van der Waals surface area contributed by atoms with Gasteiger partial charge < -0.3 is 9.84 Å². The maximum absolute atomic E-state index is 11.0. The number of carboxylic acid groups (broad SMARTS) is 1. The van der Waals surface area contributed by atoms with Crippen molar-refractivity contribution in [1.82, 2.24) is 4.98 Å². The largest absolute Gasteiger partial charge is 0.476 e. The lowest BCUT2D eigenvalue weighted by atomic mass is 10.3. The van der Waals surface area contributed by atoms with E-state index in [1.165, 1.54) is 24.4 Å². The molecule has 0 saturated heterocycles. The number of benzene rings is 1. The molecule has 0 unspecified atom stereocenters. The summed E-state index contributed by atoms with van der Waals surface area (Å²) in [7, 11) is 0. The van der Waals surface area contributed by atoms with Crippen molar-refractivity contribution in [3.63, 3.8) is 0 Å². The summed E-state index contributed by atoms with van der Waals surface area (Å²) < 4.78 is 6.07. The minimum absolute atomic E-state index is 0.0974. The first kappa shape index (κ1) is 14.1. The molecule has 0 aliphatic rings. The summed E-state index contributed by atoms with van der Waals surface area (Å²) in [5, 5.41) is 9.82. The number of hydrogen-bond acceptors (Lipinski definition) is 3. The van der Waals surface area contributed by atoms with Gasteiger partial charge in [-0.25, -0.2) is 9.78 Å². The Bertz CT molecular complexity index is 629. The lowest BCUT2D eigenvalue weighted by molar-refractivity contribution is 0.0687. The van der Waals surface area contributed by atoms with Crippen molar-refractivity contribution in [3.05, 3.63) is 50.7 Å². The van der Waals surface area contributed by atoms with Crippen LogP contribution in [0.1, 0.15) is 10.5 Å². The monoisotopic (exact) mass is 361 g/mol. The van der Waals surface area contributed by atoms with Crippen molar-refractivity contribution in [2.75, 3.05) is 0 Å². The van der Waals surface area contributed by atoms with Crippen LogP contribution in [0.5, 0.6) is 11.5 Å². The zero-order valence-corrected chi connectivity index (χ0v) is 12.3. The molecule has 19 heavy (non-hydrogen) atoms. The molecule has 7 heteroatoms. The summed E-state index contributed by atoms with van der Waals surface area (Å²) >= 11 is 14.9. The quantitative estimate of drug-likeness (QED) is 0.863. The molecule has 0 aliphatic carbocycles. The molecule has 2 aromatic rings. The molecule has 0 atom stereocenters. The van der Waals surface area contributed by atoms with Gasteiger partial charge in [0.15, 0.2) is 11.4 Å². The fourth-order valence-corrected chi connectivity index (χ4v) is 2.19. The minimum Gasteiger partial charge on any atom is -0.476 e. The van der Waals surface area contributed by atoms with Gasteiger partial charge in [0.1, 0.15) is 5.75 Å². The fraction of sp³-hybridized carbons (Fsp3) is 0. The van der Waals surface area contributed by atoms with E-state index in [-0.39, 0.29) is 11.4 Å². The van der Waals surface area contributed by atoms with E-state index in [0.29, 0.717) is 20.3 Å². The van der Waals surface area contributed by atoms with Crippen LogP contribution in [0.25, 0.3) is 0 Å². The SMILES string of the molecule is O=C(O)c1ncc(Br)cc1Oc1cc(Cl)cc(Cl)c1. The van der Waals surface area contributed by atoms with Crippen LogP contribution in [0, 0.1) is 0 Å². The predicted octanol–water partition coefficient (Wildman–Crippen LogP) is 4.64. The number of pyridine rings is 1. The molecule has 98 valence electrons. The number of carboxylic acids is 1. The average Bonchev–Trinajstić information content (AvgIpc) is 2.26. The minimum atomic E-state index is -1.18. The molecule has 1 aromatic carbocycles. The van der Waals surface area contributed by atoms with Gasteiger partial charge in [-0.2, -0.15) is 0 Å². The first-order chi connectivity index (χ1) is 8.95. The summed E-state index contributed by atoms with van der Waals surface area (Å²) in [6, 6.07) is 6.11. The van der Waals surface area contributed by atoms with E-state index in [0.717, 1.165) is 0 Å². The van der Waals surface area contributed by atoms with Crippen LogP contribution in [-0.2, 0) is 0 Å². The fourth-order valence-electron chi connectivity index (χ4n) is 1.37. The second kappa shape index (κ2) is 5.77. The highest BCUT2D eigenvalue weighted by molar-refractivity contribution is 9.10. The molecule has 2 rings (SSSR count). The van der Waals surface area contributed by atoms with Crippen LogP contribution < -0.4 is 4.74 Å². The van der Waals surface area contributed by atoms with E-state index >= 15 is 0 Å². The second-order valence-electron chi connectivity index (χ2n) is 3.51. The maximum atomic E-state index is 11.0. The van der Waals surface area contributed by atoms with Crippen LogP contribution in [0.4, 0.5) is 0 Å². The van der Waals surface area contributed by atoms with E-state index in [9.17, 15) is 4.79 Å². The number of aromatic nitrogens is 1. The topological polar surface area (TPSA) is 59.4 Å². The van der Waals surface area contributed by atoms with E-state index in [2.05, 4.69) is 20.9 Å². The highest BCUT2D eigenvalue weighted by Crippen LogP contribution is 2.31. The Kier molecular flexibility index (Phi) is 4.29. The molecule has 0 aliphatic heterocycles. The van der Waals surface area contributed by atoms with Gasteiger partial charge in [0.2, 0.25) is 0 Å². The van der Waals surface area contributed by atoms with Crippen molar-refractivity contribution in [2.24, 2.45) is 0 Å². The Morgan fingerprint density at radius 1 is 1.21 bits per heavy atom. The van der Waals surface area contributed by atoms with Crippen LogP contribution in [0.15, 0.2) is 34.9 Å². The molecular weight excluding hydrogens is 357 g/mol. The Hall–Kier alpha value is -1.30. The maximum Gasteiger partial charge on any atom is 0.358 e. The highest BCUT2D eigenvalue weighted by Gasteiger charge is 2.15. The van der Waals surface area contributed by atoms with E-state index in [4.69, 9.17) is 33.0 Å². The molecule has 0 radical (unpaired) electrons. The lowest BCUT2D eigenvalue weighted by Gasteiger charge is -2.09. The molecule has 1 N–H and O–H groups in total. The summed E-state index contributed by atoms with van der Waals surface area (Å²) in [4.78, 5) is 14.8. The van der Waals surface area contributed by atoms with Gasteiger partial charge in [-0.1, -0.05) is 23.2 Å². The average molecular weight is 363 g/mol. The third-order valence-corrected chi connectivity index (χ3v) is 2.96. The van der Waals surface area contributed by atoms with Crippen LogP contribution in [0.2, 0.25) is 10.0 Å². The summed E-state index contributed by atoms with van der Waals surface area (Å²) in [5.74, 6) is -0.754. The van der Waals surface area contributed by atoms with Crippen molar-refractivity contribution in [3.8, 4) is 11.5 Å².